The zero-order valence-corrected chi connectivity index (χ0v) is 12.2. The van der Waals surface area contributed by atoms with E-state index in [0.717, 1.165) is 23.7 Å². The smallest absolute Gasteiger partial charge is 0.161 e. The second kappa shape index (κ2) is 5.78. The van der Waals surface area contributed by atoms with Crippen LogP contribution in [0.5, 0.6) is 5.75 Å². The molecular formula is C12H23N3OS. The Morgan fingerprint density at radius 2 is 2.18 bits per heavy atom. The van der Waals surface area contributed by atoms with Crippen molar-refractivity contribution in [1.82, 2.24) is 9.78 Å². The third kappa shape index (κ3) is 3.92. The van der Waals surface area contributed by atoms with Gasteiger partial charge in [0, 0.05) is 17.0 Å². The summed E-state index contributed by atoms with van der Waals surface area (Å²) in [6.45, 7) is 9.45. The summed E-state index contributed by atoms with van der Waals surface area (Å²) in [5, 5.41) is 4.27. The standard InChI is InChI=1S/C12H23N3OS/c1-6-15-11(10(16-5)7-14-15)9(13)8-17-12(2,3)4/h7,9H,6,8,13H2,1-5H3. The average Bonchev–Trinajstić information content (AvgIpc) is 2.67. The highest BCUT2D eigenvalue weighted by molar-refractivity contribution is 8.00. The number of hydrogen-bond acceptors (Lipinski definition) is 4. The average molecular weight is 257 g/mol. The van der Waals surface area contributed by atoms with Crippen LogP contribution in [0.3, 0.4) is 0 Å². The molecular weight excluding hydrogens is 234 g/mol. The van der Waals surface area contributed by atoms with Gasteiger partial charge < -0.3 is 10.5 Å². The third-order valence-corrected chi connectivity index (χ3v) is 3.80. The Labute approximate surface area is 108 Å². The maximum atomic E-state index is 6.24. The van der Waals surface area contributed by atoms with Crippen molar-refractivity contribution in [2.24, 2.45) is 5.73 Å². The van der Waals surface area contributed by atoms with Gasteiger partial charge in [0.1, 0.15) is 0 Å². The van der Waals surface area contributed by atoms with Crippen molar-refractivity contribution in [3.05, 3.63) is 11.9 Å². The monoisotopic (exact) mass is 257 g/mol. The van der Waals surface area contributed by atoms with Gasteiger partial charge >= 0.3 is 0 Å². The van der Waals surface area contributed by atoms with E-state index < -0.39 is 0 Å². The van der Waals surface area contributed by atoms with Gasteiger partial charge in [-0.15, -0.1) is 0 Å². The molecule has 0 aliphatic carbocycles. The van der Waals surface area contributed by atoms with Gasteiger partial charge in [0.05, 0.1) is 25.0 Å². The van der Waals surface area contributed by atoms with E-state index >= 15 is 0 Å². The van der Waals surface area contributed by atoms with Crippen molar-refractivity contribution in [2.45, 2.75) is 45.0 Å². The van der Waals surface area contributed by atoms with Crippen LogP contribution in [-0.2, 0) is 6.54 Å². The number of thioether (sulfide) groups is 1. The quantitative estimate of drug-likeness (QED) is 0.880. The van der Waals surface area contributed by atoms with Crippen molar-refractivity contribution >= 4 is 11.8 Å². The lowest BCUT2D eigenvalue weighted by molar-refractivity contribution is 0.403. The first-order chi connectivity index (χ1) is 7.89. The zero-order valence-electron chi connectivity index (χ0n) is 11.4. The summed E-state index contributed by atoms with van der Waals surface area (Å²) in [5.74, 6) is 1.65. The molecule has 0 aromatic carbocycles. The number of rotatable bonds is 5. The summed E-state index contributed by atoms with van der Waals surface area (Å²) in [6, 6.07) is -0.0448. The molecule has 1 rings (SSSR count). The zero-order chi connectivity index (χ0) is 13.1. The van der Waals surface area contributed by atoms with E-state index in [1.165, 1.54) is 0 Å². The first kappa shape index (κ1) is 14.4. The first-order valence-electron chi connectivity index (χ1n) is 5.88. The number of nitrogens with zero attached hydrogens (tertiary/aromatic N) is 2. The Morgan fingerprint density at radius 1 is 1.53 bits per heavy atom. The van der Waals surface area contributed by atoms with Crippen LogP contribution in [-0.4, -0.2) is 27.4 Å². The van der Waals surface area contributed by atoms with Crippen LogP contribution >= 0.6 is 11.8 Å². The van der Waals surface area contributed by atoms with Crippen LogP contribution in [0, 0.1) is 0 Å². The van der Waals surface area contributed by atoms with Gasteiger partial charge in [-0.25, -0.2) is 0 Å². The fourth-order valence-corrected chi connectivity index (χ4v) is 2.42. The molecule has 1 heterocycles. The maximum Gasteiger partial charge on any atom is 0.161 e. The van der Waals surface area contributed by atoms with Crippen LogP contribution < -0.4 is 10.5 Å². The Morgan fingerprint density at radius 3 is 2.65 bits per heavy atom. The lowest BCUT2D eigenvalue weighted by atomic mass is 10.2. The molecule has 0 bridgehead atoms. The molecule has 0 aliphatic heterocycles. The Kier molecular flexibility index (Phi) is 4.89. The second-order valence-corrected chi connectivity index (χ2v) is 6.79. The van der Waals surface area contributed by atoms with Crippen molar-refractivity contribution in [3.8, 4) is 5.75 Å². The van der Waals surface area contributed by atoms with Crippen LogP contribution in [0.4, 0.5) is 0 Å². The second-order valence-electron chi connectivity index (χ2n) is 4.94. The molecule has 5 heteroatoms. The van der Waals surface area contributed by atoms with Gasteiger partial charge in [0.15, 0.2) is 5.75 Å². The molecule has 0 aliphatic rings. The van der Waals surface area contributed by atoms with Crippen LogP contribution in [0.1, 0.15) is 39.4 Å². The van der Waals surface area contributed by atoms with Crippen molar-refractivity contribution in [3.63, 3.8) is 0 Å². The molecule has 4 nitrogen and oxygen atoms in total. The molecule has 1 aromatic heterocycles. The number of aryl methyl sites for hydroxylation is 1. The van der Waals surface area contributed by atoms with Gasteiger partial charge in [0.2, 0.25) is 0 Å². The van der Waals surface area contributed by atoms with Gasteiger partial charge in [-0.3, -0.25) is 4.68 Å². The molecule has 1 aromatic rings. The molecule has 1 atom stereocenters. The lowest BCUT2D eigenvalue weighted by Crippen LogP contribution is -2.21. The van der Waals surface area contributed by atoms with Crippen molar-refractivity contribution < 1.29 is 4.74 Å². The minimum Gasteiger partial charge on any atom is -0.493 e. The fourth-order valence-electron chi connectivity index (χ4n) is 1.58. The number of nitrogens with two attached hydrogens (primary N) is 1. The number of methoxy groups -OCH3 is 1. The Balaban J connectivity index is 2.79. The largest absolute Gasteiger partial charge is 0.493 e. The highest BCUT2D eigenvalue weighted by atomic mass is 32.2. The molecule has 0 saturated heterocycles. The summed E-state index contributed by atoms with van der Waals surface area (Å²) >= 11 is 1.86. The fraction of sp³-hybridized carbons (Fsp3) is 0.750. The van der Waals surface area contributed by atoms with Crippen molar-refractivity contribution in [2.75, 3.05) is 12.9 Å². The van der Waals surface area contributed by atoms with E-state index in [-0.39, 0.29) is 10.8 Å². The highest BCUT2D eigenvalue weighted by Crippen LogP contribution is 2.30. The summed E-state index contributed by atoms with van der Waals surface area (Å²) in [7, 11) is 1.66. The van der Waals surface area contributed by atoms with Gasteiger partial charge in [0.25, 0.3) is 0 Å². The number of hydrogen-bond donors (Lipinski definition) is 1. The molecule has 0 fully saturated rings. The maximum absolute atomic E-state index is 6.24. The first-order valence-corrected chi connectivity index (χ1v) is 6.86. The predicted octanol–water partition coefficient (Wildman–Crippen LogP) is 2.44. The molecule has 0 spiro atoms. The topological polar surface area (TPSA) is 53.1 Å². The normalized spacial score (nSPS) is 13.8. The molecule has 98 valence electrons. The van der Waals surface area contributed by atoms with Crippen molar-refractivity contribution in [1.29, 1.82) is 0 Å². The molecule has 2 N–H and O–H groups in total. The lowest BCUT2D eigenvalue weighted by Gasteiger charge is -2.21. The summed E-state index contributed by atoms with van der Waals surface area (Å²) < 4.78 is 7.44. The van der Waals surface area contributed by atoms with E-state index in [1.54, 1.807) is 13.3 Å². The Bertz CT molecular complexity index is 336. The SMILES string of the molecule is CCn1ncc(OC)c1C(N)CSC(C)(C)C. The van der Waals surface area contributed by atoms with Gasteiger partial charge in [-0.1, -0.05) is 20.8 Å². The predicted molar refractivity (Wildman–Crippen MR) is 73.6 cm³/mol. The van der Waals surface area contributed by atoms with Gasteiger partial charge in [-0.05, 0) is 6.92 Å². The molecule has 17 heavy (non-hydrogen) atoms. The Hall–Kier alpha value is -0.680. The highest BCUT2D eigenvalue weighted by Gasteiger charge is 2.20. The third-order valence-electron chi connectivity index (χ3n) is 2.41. The van der Waals surface area contributed by atoms with E-state index in [9.17, 15) is 0 Å². The summed E-state index contributed by atoms with van der Waals surface area (Å²) in [4.78, 5) is 0. The van der Waals surface area contributed by atoms with E-state index in [1.807, 2.05) is 16.4 Å². The van der Waals surface area contributed by atoms with Crippen LogP contribution in [0.15, 0.2) is 6.20 Å². The van der Waals surface area contributed by atoms with E-state index in [0.29, 0.717) is 0 Å². The minimum atomic E-state index is -0.0448. The molecule has 1 unspecified atom stereocenters. The summed E-state index contributed by atoms with van der Waals surface area (Å²) in [6.07, 6.45) is 1.74. The van der Waals surface area contributed by atoms with Crippen LogP contribution in [0.25, 0.3) is 0 Å². The minimum absolute atomic E-state index is 0.0448. The van der Waals surface area contributed by atoms with Gasteiger partial charge in [-0.2, -0.15) is 16.9 Å². The number of ether oxygens (including phenoxy) is 1. The molecule has 0 saturated carbocycles. The summed E-state index contributed by atoms with van der Waals surface area (Å²) in [5.41, 5.74) is 7.23. The molecule has 0 amide bonds. The van der Waals surface area contributed by atoms with E-state index in [2.05, 4.69) is 32.8 Å². The number of aromatic nitrogens is 2. The molecule has 0 radical (unpaired) electrons. The van der Waals surface area contributed by atoms with Crippen LogP contribution in [0.2, 0.25) is 0 Å². The van der Waals surface area contributed by atoms with E-state index in [4.69, 9.17) is 10.5 Å².